The van der Waals surface area contributed by atoms with Gasteiger partial charge in [-0.25, -0.2) is 8.42 Å². The molecule has 1 atom stereocenters. The van der Waals surface area contributed by atoms with Crippen LogP contribution in [0.1, 0.15) is 24.0 Å². The number of hydrogen-bond donors (Lipinski definition) is 2. The summed E-state index contributed by atoms with van der Waals surface area (Å²) in [5.74, 6) is -0.447. The Hall–Kier alpha value is -2.91. The van der Waals surface area contributed by atoms with E-state index in [-0.39, 0.29) is 29.9 Å². The number of carbonyl (C=O) groups is 2. The van der Waals surface area contributed by atoms with Crippen LogP contribution in [0, 0.1) is 12.8 Å². The van der Waals surface area contributed by atoms with Gasteiger partial charge < -0.3 is 15.4 Å². The summed E-state index contributed by atoms with van der Waals surface area (Å²) in [6, 6.07) is 12.3. The summed E-state index contributed by atoms with van der Waals surface area (Å²) in [7, 11) is -3.81. The molecule has 2 amide bonds. The van der Waals surface area contributed by atoms with E-state index in [1.165, 1.54) is 22.5 Å². The second kappa shape index (κ2) is 8.68. The van der Waals surface area contributed by atoms with Gasteiger partial charge in [0.1, 0.15) is 5.75 Å². The molecule has 2 heterocycles. The van der Waals surface area contributed by atoms with Crippen LogP contribution in [0.5, 0.6) is 5.75 Å². The van der Waals surface area contributed by atoms with Crippen LogP contribution in [0.25, 0.3) is 0 Å². The minimum atomic E-state index is -3.81. The summed E-state index contributed by atoms with van der Waals surface area (Å²) in [4.78, 5) is 24.3. The summed E-state index contributed by atoms with van der Waals surface area (Å²) in [5, 5.41) is 5.56. The maximum absolute atomic E-state index is 13.2. The quantitative estimate of drug-likeness (QED) is 0.736. The molecule has 164 valence electrons. The monoisotopic (exact) mass is 443 g/mol. The zero-order chi connectivity index (χ0) is 22.0. The zero-order valence-corrected chi connectivity index (χ0v) is 18.1. The van der Waals surface area contributed by atoms with E-state index >= 15 is 0 Å². The van der Waals surface area contributed by atoms with Crippen molar-refractivity contribution in [2.45, 2.75) is 31.2 Å². The van der Waals surface area contributed by atoms with Gasteiger partial charge in [0, 0.05) is 19.6 Å². The molecule has 31 heavy (non-hydrogen) atoms. The van der Waals surface area contributed by atoms with Crippen molar-refractivity contribution in [3.63, 3.8) is 0 Å². The van der Waals surface area contributed by atoms with Crippen molar-refractivity contribution < 1.29 is 22.7 Å². The number of fused-ring (bicyclic) bond motifs is 1. The maximum Gasteiger partial charge on any atom is 0.262 e. The second-order valence-corrected chi connectivity index (χ2v) is 9.84. The average Bonchev–Trinajstić information content (AvgIpc) is 2.77. The van der Waals surface area contributed by atoms with E-state index in [2.05, 4.69) is 10.6 Å². The van der Waals surface area contributed by atoms with E-state index in [9.17, 15) is 18.0 Å². The van der Waals surface area contributed by atoms with Crippen molar-refractivity contribution in [2.75, 3.05) is 25.0 Å². The van der Waals surface area contributed by atoms with Gasteiger partial charge in [-0.3, -0.25) is 9.59 Å². The molecule has 0 unspecified atom stereocenters. The molecule has 2 aromatic rings. The summed E-state index contributed by atoms with van der Waals surface area (Å²) in [6.07, 6.45) is 1.24. The Bertz CT molecular complexity index is 1120. The number of benzene rings is 2. The van der Waals surface area contributed by atoms with Gasteiger partial charge in [-0.05, 0) is 43.5 Å². The molecule has 1 saturated heterocycles. The maximum atomic E-state index is 13.2. The third kappa shape index (κ3) is 4.72. The molecule has 0 aromatic heterocycles. The smallest absolute Gasteiger partial charge is 0.262 e. The van der Waals surface area contributed by atoms with Crippen molar-refractivity contribution in [1.29, 1.82) is 0 Å². The Morgan fingerprint density at radius 1 is 1.26 bits per heavy atom. The van der Waals surface area contributed by atoms with E-state index in [4.69, 9.17) is 4.74 Å². The Kier molecular flexibility index (Phi) is 5.97. The van der Waals surface area contributed by atoms with Crippen molar-refractivity contribution in [1.82, 2.24) is 9.62 Å². The van der Waals surface area contributed by atoms with Crippen LogP contribution >= 0.6 is 0 Å². The molecule has 0 bridgehead atoms. The molecular weight excluding hydrogens is 418 g/mol. The number of amides is 2. The first kappa shape index (κ1) is 21.3. The molecule has 0 saturated carbocycles. The highest BCUT2D eigenvalue weighted by molar-refractivity contribution is 7.89. The number of nitrogens with one attached hydrogen (secondary N) is 2. The van der Waals surface area contributed by atoms with Crippen LogP contribution in [-0.4, -0.2) is 44.2 Å². The first-order chi connectivity index (χ1) is 14.8. The predicted molar refractivity (Wildman–Crippen MR) is 115 cm³/mol. The number of hydrogen-bond acceptors (Lipinski definition) is 5. The number of sulfonamides is 1. The van der Waals surface area contributed by atoms with E-state index in [1.807, 2.05) is 31.2 Å². The molecule has 0 spiro atoms. The van der Waals surface area contributed by atoms with E-state index in [0.717, 1.165) is 11.1 Å². The summed E-state index contributed by atoms with van der Waals surface area (Å²) in [6.45, 7) is 2.79. The molecule has 2 aliphatic heterocycles. The first-order valence-electron chi connectivity index (χ1n) is 10.2. The lowest BCUT2D eigenvalue weighted by Crippen LogP contribution is -2.45. The molecule has 2 aliphatic rings. The first-order valence-corrected chi connectivity index (χ1v) is 11.7. The van der Waals surface area contributed by atoms with Crippen LogP contribution in [0.2, 0.25) is 0 Å². The number of rotatable bonds is 5. The van der Waals surface area contributed by atoms with Crippen LogP contribution in [0.4, 0.5) is 5.69 Å². The molecule has 2 N–H and O–H groups in total. The molecule has 0 radical (unpaired) electrons. The van der Waals surface area contributed by atoms with Crippen LogP contribution in [-0.2, 0) is 26.2 Å². The minimum Gasteiger partial charge on any atom is -0.482 e. The van der Waals surface area contributed by atoms with Gasteiger partial charge in [0.05, 0.1) is 16.5 Å². The number of piperidine rings is 1. The Balaban J connectivity index is 1.44. The molecule has 9 heteroatoms. The SMILES string of the molecule is Cc1cccc(CNC(=O)[C@@H]2CCCN(S(=O)(=O)c3ccc4c(c3)NC(=O)CO4)C2)c1. The van der Waals surface area contributed by atoms with Gasteiger partial charge in [-0.2, -0.15) is 4.31 Å². The molecule has 2 aromatic carbocycles. The number of carbonyl (C=O) groups excluding carboxylic acids is 2. The van der Waals surface area contributed by atoms with Gasteiger partial charge in [-0.1, -0.05) is 29.8 Å². The lowest BCUT2D eigenvalue weighted by molar-refractivity contribution is -0.126. The fraction of sp³-hybridized carbons (Fsp3) is 0.364. The van der Waals surface area contributed by atoms with Crippen molar-refractivity contribution in [2.24, 2.45) is 5.92 Å². The number of nitrogens with zero attached hydrogens (tertiary/aromatic N) is 1. The largest absolute Gasteiger partial charge is 0.482 e. The lowest BCUT2D eigenvalue weighted by Gasteiger charge is -2.31. The van der Waals surface area contributed by atoms with Crippen LogP contribution < -0.4 is 15.4 Å². The van der Waals surface area contributed by atoms with Crippen LogP contribution in [0.3, 0.4) is 0 Å². The predicted octanol–water partition coefficient (Wildman–Crippen LogP) is 2.04. The summed E-state index contributed by atoms with van der Waals surface area (Å²) in [5.41, 5.74) is 2.46. The average molecular weight is 444 g/mol. The third-order valence-corrected chi connectivity index (χ3v) is 7.39. The lowest BCUT2D eigenvalue weighted by atomic mass is 9.98. The van der Waals surface area contributed by atoms with E-state index in [0.29, 0.717) is 37.4 Å². The zero-order valence-electron chi connectivity index (χ0n) is 17.3. The van der Waals surface area contributed by atoms with E-state index < -0.39 is 15.9 Å². The summed E-state index contributed by atoms with van der Waals surface area (Å²) < 4.78 is 33.0. The topological polar surface area (TPSA) is 105 Å². The van der Waals surface area contributed by atoms with Gasteiger partial charge in [0.25, 0.3) is 5.91 Å². The Morgan fingerprint density at radius 2 is 2.10 bits per heavy atom. The van der Waals surface area contributed by atoms with Crippen molar-refractivity contribution >= 4 is 27.5 Å². The normalized spacial score (nSPS) is 19.1. The number of anilines is 1. The molecule has 4 rings (SSSR count). The van der Waals surface area contributed by atoms with Crippen molar-refractivity contribution in [3.05, 3.63) is 53.6 Å². The molecule has 8 nitrogen and oxygen atoms in total. The molecule has 0 aliphatic carbocycles. The third-order valence-electron chi connectivity index (χ3n) is 5.53. The van der Waals surface area contributed by atoms with Gasteiger partial charge in [-0.15, -0.1) is 0 Å². The Morgan fingerprint density at radius 3 is 2.90 bits per heavy atom. The van der Waals surface area contributed by atoms with Gasteiger partial charge >= 0.3 is 0 Å². The second-order valence-electron chi connectivity index (χ2n) is 7.90. The van der Waals surface area contributed by atoms with Crippen molar-refractivity contribution in [3.8, 4) is 5.75 Å². The number of aryl methyl sites for hydroxylation is 1. The minimum absolute atomic E-state index is 0.0675. The standard InChI is InChI=1S/C22H25N3O5S/c1-15-4-2-5-16(10-15)12-23-22(27)17-6-3-9-25(13-17)31(28,29)18-7-8-20-19(11-18)24-21(26)14-30-20/h2,4-5,7-8,10-11,17H,3,6,9,12-14H2,1H3,(H,23,27)(H,24,26)/t17-/m1/s1. The Labute approximate surface area is 181 Å². The highest BCUT2D eigenvalue weighted by Gasteiger charge is 2.34. The fourth-order valence-corrected chi connectivity index (χ4v) is 5.45. The fourth-order valence-electron chi connectivity index (χ4n) is 3.90. The molecular formula is C22H25N3O5S. The summed E-state index contributed by atoms with van der Waals surface area (Å²) >= 11 is 0. The number of ether oxygens (including phenoxy) is 1. The van der Waals surface area contributed by atoms with Crippen LogP contribution in [0.15, 0.2) is 47.4 Å². The highest BCUT2D eigenvalue weighted by Crippen LogP contribution is 2.32. The highest BCUT2D eigenvalue weighted by atomic mass is 32.2. The molecule has 1 fully saturated rings. The van der Waals surface area contributed by atoms with Gasteiger partial charge in [0.2, 0.25) is 15.9 Å². The van der Waals surface area contributed by atoms with Gasteiger partial charge in [0.15, 0.2) is 6.61 Å². The van der Waals surface area contributed by atoms with E-state index in [1.54, 1.807) is 0 Å².